The predicted molar refractivity (Wildman–Crippen MR) is 333 cm³/mol. The maximum Gasteiger partial charge on any atom is 0.322 e. The molecule has 17 nitrogen and oxygen atoms in total. The molecule has 0 spiro atoms. The average Bonchev–Trinajstić information content (AvgIpc) is 3.68. The number of hydrogen-bond donors (Lipinski definition) is 6. The monoisotopic (exact) mass is 1150 g/mol. The summed E-state index contributed by atoms with van der Waals surface area (Å²) in [6.45, 7) is 12.2. The fourth-order valence-electron chi connectivity index (χ4n) is 12.6. The Morgan fingerprint density at radius 1 is 0.593 bits per heavy atom. The van der Waals surface area contributed by atoms with Gasteiger partial charge in [-0.2, -0.15) is 0 Å². The molecule has 17 heteroatoms. The molecule has 0 radical (unpaired) electrons. The van der Waals surface area contributed by atoms with Gasteiger partial charge in [-0.15, -0.1) is 0 Å². The molecule has 2 aliphatic rings. The van der Waals surface area contributed by atoms with Gasteiger partial charge in [-0.25, -0.2) is 29.7 Å². The summed E-state index contributed by atoms with van der Waals surface area (Å²) in [5, 5.41) is 9.09. The number of aromatic nitrogens is 8. The number of H-pyrrole nitrogens is 3. The Bertz CT molecular complexity index is 3700. The third-order valence-corrected chi connectivity index (χ3v) is 17.6. The highest BCUT2D eigenvalue weighted by molar-refractivity contribution is 5.92. The summed E-state index contributed by atoms with van der Waals surface area (Å²) in [7, 11) is 0. The number of pyridine rings is 2. The molecule has 11 rings (SSSR count). The molecule has 2 aliphatic heterocycles. The standard InChI is InChI=1S/C69H76N12O5/c1-43-9-6-12-57(44(43)2)61(64-37-71-41-76-64)30-50-18-22-67(74-35-50)80-68(83)53-24-28-86-56(33-53)32-52-11-8-14-59(46(52)4)60(63-36-70-40-75-63)29-48-15-19-54(20-16-48)79-69(84)81(55-25-27-85-39-55)26-23-51-10-7-13-58(45(51)3)62(65-38-72-42-77-65)31-49-17-21-66(73-34-49)78-47(5)82/h6-22,34-38,40-42,53,55-56,60-62H,23-33,39H2,1-5H3,(H,70,75)(H,71,76)(H,72,77)(H,79,84)(H,73,78,82)(H,74,80,83). The van der Waals surface area contributed by atoms with E-state index in [1.165, 1.54) is 45.9 Å². The summed E-state index contributed by atoms with van der Waals surface area (Å²) in [5.74, 6) is 0.676. The molecule has 7 heterocycles. The molecule has 4 aromatic carbocycles. The Balaban J connectivity index is 0.716. The van der Waals surface area contributed by atoms with Crippen molar-refractivity contribution >= 4 is 35.2 Å². The lowest BCUT2D eigenvalue weighted by molar-refractivity contribution is -0.124. The van der Waals surface area contributed by atoms with Crippen molar-refractivity contribution in [3.63, 3.8) is 0 Å². The van der Waals surface area contributed by atoms with E-state index in [9.17, 15) is 14.4 Å². The fraction of sp³-hybridized carbons (Fsp3) is 0.333. The first-order chi connectivity index (χ1) is 41.9. The highest BCUT2D eigenvalue weighted by Crippen LogP contribution is 2.36. The minimum Gasteiger partial charge on any atom is -0.379 e. The van der Waals surface area contributed by atoms with Gasteiger partial charge in [-0.1, -0.05) is 78.9 Å². The highest BCUT2D eigenvalue weighted by Gasteiger charge is 2.31. The number of rotatable bonds is 22. The van der Waals surface area contributed by atoms with Crippen LogP contribution in [0.5, 0.6) is 0 Å². The van der Waals surface area contributed by atoms with E-state index >= 15 is 0 Å². The van der Waals surface area contributed by atoms with Gasteiger partial charge in [0.1, 0.15) is 11.6 Å². The van der Waals surface area contributed by atoms with Gasteiger partial charge in [0.25, 0.3) is 0 Å². The van der Waals surface area contributed by atoms with Crippen molar-refractivity contribution in [2.75, 3.05) is 42.3 Å². The van der Waals surface area contributed by atoms with Gasteiger partial charge in [0, 0.05) is 104 Å². The zero-order valence-corrected chi connectivity index (χ0v) is 49.6. The van der Waals surface area contributed by atoms with E-state index in [4.69, 9.17) is 14.5 Å². The van der Waals surface area contributed by atoms with Gasteiger partial charge >= 0.3 is 6.03 Å². The van der Waals surface area contributed by atoms with E-state index in [0.717, 1.165) is 57.7 Å². The van der Waals surface area contributed by atoms with E-state index in [-0.39, 0.29) is 53.7 Å². The Morgan fingerprint density at radius 2 is 1.14 bits per heavy atom. The summed E-state index contributed by atoms with van der Waals surface area (Å²) >= 11 is 0. The Morgan fingerprint density at radius 3 is 1.69 bits per heavy atom. The molecule has 5 aromatic heterocycles. The van der Waals surface area contributed by atoms with E-state index in [1.54, 1.807) is 19.0 Å². The third kappa shape index (κ3) is 14.2. The topological polar surface area (TPSA) is 221 Å². The highest BCUT2D eigenvalue weighted by atomic mass is 16.5. The first-order valence-corrected chi connectivity index (χ1v) is 29.9. The largest absolute Gasteiger partial charge is 0.379 e. The first kappa shape index (κ1) is 58.7. The number of nitrogens with one attached hydrogen (secondary N) is 6. The molecule has 2 saturated heterocycles. The lowest BCUT2D eigenvalue weighted by Crippen LogP contribution is -2.44. The van der Waals surface area contributed by atoms with E-state index in [2.05, 4.69) is 151 Å². The Hall–Kier alpha value is -9.06. The van der Waals surface area contributed by atoms with Crippen molar-refractivity contribution in [1.82, 2.24) is 44.8 Å². The number of imidazole rings is 3. The lowest BCUT2D eigenvalue weighted by atomic mass is 9.83. The van der Waals surface area contributed by atoms with Crippen LogP contribution < -0.4 is 16.0 Å². The number of hydrogen-bond acceptors (Lipinski definition) is 10. The summed E-state index contributed by atoms with van der Waals surface area (Å²) in [5.41, 5.74) is 17.8. The van der Waals surface area contributed by atoms with Crippen molar-refractivity contribution in [2.24, 2.45) is 5.92 Å². The van der Waals surface area contributed by atoms with Gasteiger partial charge < -0.3 is 45.3 Å². The smallest absolute Gasteiger partial charge is 0.322 e. The molecular formula is C69H76N12O5. The molecule has 6 unspecified atom stereocenters. The zero-order chi connectivity index (χ0) is 59.5. The number of aromatic amines is 3. The van der Waals surface area contributed by atoms with Crippen LogP contribution >= 0.6 is 0 Å². The maximum atomic E-state index is 14.4. The van der Waals surface area contributed by atoms with Crippen molar-refractivity contribution < 1.29 is 23.9 Å². The second-order valence-corrected chi connectivity index (χ2v) is 23.1. The van der Waals surface area contributed by atoms with Gasteiger partial charge in [-0.3, -0.25) is 9.59 Å². The number of amides is 4. The maximum absolute atomic E-state index is 14.4. The predicted octanol–water partition coefficient (Wildman–Crippen LogP) is 11.8. The summed E-state index contributed by atoms with van der Waals surface area (Å²) in [4.78, 5) is 74.1. The molecule has 6 N–H and O–H groups in total. The van der Waals surface area contributed by atoms with Crippen LogP contribution in [0.25, 0.3) is 0 Å². The second kappa shape index (κ2) is 27.3. The van der Waals surface area contributed by atoms with Crippen molar-refractivity contribution in [1.29, 1.82) is 0 Å². The molecule has 442 valence electrons. The quantitative estimate of drug-likeness (QED) is 0.0377. The summed E-state index contributed by atoms with van der Waals surface area (Å²) in [6, 6.07) is 35.1. The van der Waals surface area contributed by atoms with Crippen molar-refractivity contribution in [3.05, 3.63) is 237 Å². The van der Waals surface area contributed by atoms with Crippen molar-refractivity contribution in [2.45, 2.75) is 116 Å². The number of benzene rings is 4. The van der Waals surface area contributed by atoms with Crippen LogP contribution in [0.4, 0.5) is 22.1 Å². The van der Waals surface area contributed by atoms with Crippen LogP contribution in [-0.2, 0) is 51.2 Å². The molecule has 6 atom stereocenters. The second-order valence-electron chi connectivity index (χ2n) is 23.1. The van der Waals surface area contributed by atoms with Crippen LogP contribution in [-0.4, -0.2) is 101 Å². The summed E-state index contributed by atoms with van der Waals surface area (Å²) in [6.07, 6.45) is 19.8. The fourth-order valence-corrected chi connectivity index (χ4v) is 12.6. The van der Waals surface area contributed by atoms with Crippen LogP contribution in [0.2, 0.25) is 0 Å². The lowest BCUT2D eigenvalue weighted by Gasteiger charge is -2.30. The van der Waals surface area contributed by atoms with Gasteiger partial charge in [0.15, 0.2) is 0 Å². The van der Waals surface area contributed by atoms with E-state index in [0.29, 0.717) is 82.2 Å². The van der Waals surface area contributed by atoms with Crippen LogP contribution in [0.1, 0.15) is 128 Å². The molecule has 86 heavy (non-hydrogen) atoms. The number of aryl methyl sites for hydroxylation is 1. The van der Waals surface area contributed by atoms with E-state index in [1.807, 2.05) is 66.2 Å². The van der Waals surface area contributed by atoms with Gasteiger partial charge in [0.05, 0.1) is 37.7 Å². The molecule has 4 amide bonds. The van der Waals surface area contributed by atoms with Crippen LogP contribution in [0.15, 0.2) is 153 Å². The Labute approximate surface area is 502 Å². The number of carbonyl (C=O) groups is 3. The van der Waals surface area contributed by atoms with E-state index < -0.39 is 0 Å². The van der Waals surface area contributed by atoms with Crippen molar-refractivity contribution in [3.8, 4) is 0 Å². The Kier molecular flexibility index (Phi) is 18.6. The van der Waals surface area contributed by atoms with Gasteiger partial charge in [0.2, 0.25) is 11.8 Å². The number of urea groups is 1. The number of anilines is 3. The normalized spacial score (nSPS) is 16.9. The average molecular weight is 1150 g/mol. The molecule has 0 saturated carbocycles. The molecule has 0 aliphatic carbocycles. The van der Waals surface area contributed by atoms with Gasteiger partial charge in [-0.05, 0) is 170 Å². The molecule has 2 fully saturated rings. The molecular weight excluding hydrogens is 1080 g/mol. The SMILES string of the molecule is CC(=O)Nc1ccc(CC(c2cnc[nH]2)c2cccc(CCN(C(=O)Nc3ccc(CC(c4cnc[nH]4)c4cccc(CC5CC(C(=O)Nc6ccc(CC(c7cnc[nH]7)c7cccc(C)c7C)cn6)CCO5)c4C)cc3)C3CCOC3)c2C)cn1. The number of nitrogens with zero attached hydrogens (tertiary/aromatic N) is 6. The number of ether oxygens (including phenoxy) is 2. The minimum atomic E-state index is -0.211. The molecule has 0 bridgehead atoms. The molecule has 9 aromatic rings. The first-order valence-electron chi connectivity index (χ1n) is 29.9. The zero-order valence-electron chi connectivity index (χ0n) is 49.6. The van der Waals surface area contributed by atoms with Crippen LogP contribution in [0, 0.1) is 33.6 Å². The number of carbonyl (C=O) groups excluding carboxylic acids is 3. The third-order valence-electron chi connectivity index (χ3n) is 17.6. The van der Waals surface area contributed by atoms with Crippen LogP contribution in [0.3, 0.4) is 0 Å². The summed E-state index contributed by atoms with van der Waals surface area (Å²) < 4.78 is 12.2. The minimum absolute atomic E-state index is 0.0252.